The van der Waals surface area contributed by atoms with Crippen LogP contribution in [0.5, 0.6) is 5.75 Å². The van der Waals surface area contributed by atoms with Crippen molar-refractivity contribution in [2.75, 3.05) is 26.2 Å². The lowest BCUT2D eigenvalue weighted by Crippen LogP contribution is -2.51. The average molecular weight is 450 g/mol. The maximum absolute atomic E-state index is 13.1. The molecular weight excluding hydrogens is 431 g/mol. The van der Waals surface area contributed by atoms with E-state index in [1.165, 1.54) is 18.2 Å². The van der Waals surface area contributed by atoms with Gasteiger partial charge in [0.15, 0.2) is 0 Å². The van der Waals surface area contributed by atoms with Gasteiger partial charge in [0, 0.05) is 36.3 Å². The van der Waals surface area contributed by atoms with Crippen molar-refractivity contribution in [2.24, 2.45) is 5.92 Å². The molecule has 2 aliphatic rings. The van der Waals surface area contributed by atoms with E-state index in [2.05, 4.69) is 16.7 Å². The van der Waals surface area contributed by atoms with Crippen LogP contribution in [-0.2, 0) is 11.0 Å². The summed E-state index contributed by atoms with van der Waals surface area (Å²) < 4.78 is 45.1. The number of halogens is 4. The molecule has 0 spiro atoms. The molecule has 1 N–H and O–H groups in total. The van der Waals surface area contributed by atoms with E-state index in [-0.39, 0.29) is 23.9 Å². The van der Waals surface area contributed by atoms with Crippen LogP contribution in [0.1, 0.15) is 22.3 Å². The number of aliphatic carboxylic acids is 1. The fourth-order valence-electron chi connectivity index (χ4n) is 3.50. The molecule has 162 valence electrons. The molecule has 0 amide bonds. The van der Waals surface area contributed by atoms with E-state index in [9.17, 15) is 18.0 Å². The second kappa shape index (κ2) is 9.04. The van der Waals surface area contributed by atoms with Gasteiger partial charge >= 0.3 is 12.1 Å². The molecule has 0 aromatic heterocycles. The number of ether oxygens (including phenoxy) is 1. The summed E-state index contributed by atoms with van der Waals surface area (Å²) in [6.45, 7) is 2.11. The fourth-order valence-corrected chi connectivity index (χ4v) is 3.50. The summed E-state index contributed by atoms with van der Waals surface area (Å²) in [5.74, 6) is 4.96. The van der Waals surface area contributed by atoms with Gasteiger partial charge in [0.2, 0.25) is 0 Å². The third kappa shape index (κ3) is 5.22. The first-order chi connectivity index (χ1) is 14.3. The van der Waals surface area contributed by atoms with Crippen LogP contribution in [0.3, 0.4) is 0 Å². The highest BCUT2D eigenvalue weighted by atomic mass is 35.5. The smallest absolute Gasteiger partial charge is 0.417 e. The lowest BCUT2D eigenvalue weighted by atomic mass is 9.98. The Balaban J connectivity index is 0.00000272. The summed E-state index contributed by atoms with van der Waals surface area (Å²) in [6.07, 6.45) is -2.45. The zero-order valence-electron chi connectivity index (χ0n) is 16.3. The zero-order valence-corrected chi connectivity index (χ0v) is 17.1. The number of hydrogen-bond acceptors (Lipinski definition) is 3. The number of carboxylic acids is 1. The van der Waals surface area contributed by atoms with Crippen molar-refractivity contribution >= 4 is 24.5 Å². The number of benzene rings is 2. The Kier molecular flexibility index (Phi) is 6.63. The summed E-state index contributed by atoms with van der Waals surface area (Å²) in [6, 6.07) is 10.5. The minimum absolute atomic E-state index is 0. The molecule has 2 aromatic rings. The number of carboxylic acid groups (broad SMARTS) is 1. The quantitative estimate of drug-likeness (QED) is 0.709. The first-order valence-electron chi connectivity index (χ1n) is 9.39. The zero-order chi connectivity index (χ0) is 21.3. The Morgan fingerprint density at radius 1 is 1.16 bits per heavy atom. The van der Waals surface area contributed by atoms with Gasteiger partial charge in [-0.2, -0.15) is 13.2 Å². The molecule has 0 bridgehead atoms. The second-order valence-corrected chi connectivity index (χ2v) is 7.37. The molecule has 1 fully saturated rings. The van der Waals surface area contributed by atoms with Crippen LogP contribution in [0.4, 0.5) is 13.2 Å². The number of carbonyl (C=O) groups is 1. The minimum atomic E-state index is -4.45. The van der Waals surface area contributed by atoms with Crippen molar-refractivity contribution in [3.8, 4) is 17.6 Å². The van der Waals surface area contributed by atoms with Crippen LogP contribution in [0.25, 0.3) is 6.08 Å². The molecule has 0 radical (unpaired) electrons. The van der Waals surface area contributed by atoms with Gasteiger partial charge in [-0.05, 0) is 35.9 Å². The van der Waals surface area contributed by atoms with E-state index in [0.29, 0.717) is 37.6 Å². The Morgan fingerprint density at radius 2 is 1.90 bits per heavy atom. The van der Waals surface area contributed by atoms with Crippen molar-refractivity contribution in [3.63, 3.8) is 0 Å². The van der Waals surface area contributed by atoms with Crippen molar-refractivity contribution in [1.29, 1.82) is 0 Å². The number of nitrogens with zero attached hydrogens (tertiary/aromatic N) is 1. The maximum atomic E-state index is 13.1. The topological polar surface area (TPSA) is 49.8 Å². The lowest BCUT2D eigenvalue weighted by molar-refractivity contribution is -0.147. The van der Waals surface area contributed by atoms with Crippen LogP contribution in [0, 0.1) is 17.8 Å². The Bertz CT molecular complexity index is 1080. The first kappa shape index (κ1) is 22.7. The van der Waals surface area contributed by atoms with Crippen LogP contribution in [-0.4, -0.2) is 42.2 Å². The molecule has 4 nitrogen and oxygen atoms in total. The third-order valence-corrected chi connectivity index (χ3v) is 5.09. The second-order valence-electron chi connectivity index (χ2n) is 7.37. The summed E-state index contributed by atoms with van der Waals surface area (Å²) in [4.78, 5) is 12.9. The van der Waals surface area contributed by atoms with E-state index < -0.39 is 17.7 Å². The largest absolute Gasteiger partial charge is 0.489 e. The molecule has 2 aromatic carbocycles. The standard InChI is InChI=1S/C23H18F3NO3.ClH/c24-23(25,26)20-4-2-1-3-17(20)7-5-15-6-8-18-9-16(14-30-21(18)10-15)11-27-12-19(13-27)22(28)29;/h1-4,6,8-10,19H,11-14H2,(H,28,29);1H. The van der Waals surface area contributed by atoms with Crippen LogP contribution < -0.4 is 4.74 Å². The predicted molar refractivity (Wildman–Crippen MR) is 112 cm³/mol. The molecule has 8 heteroatoms. The van der Waals surface area contributed by atoms with Crippen LogP contribution in [0.15, 0.2) is 48.0 Å². The van der Waals surface area contributed by atoms with Crippen molar-refractivity contribution in [2.45, 2.75) is 6.18 Å². The molecule has 0 atom stereocenters. The number of hydrogen-bond donors (Lipinski definition) is 1. The maximum Gasteiger partial charge on any atom is 0.417 e. The number of rotatable bonds is 3. The molecule has 2 aliphatic heterocycles. The van der Waals surface area contributed by atoms with Gasteiger partial charge < -0.3 is 9.84 Å². The highest BCUT2D eigenvalue weighted by molar-refractivity contribution is 5.85. The van der Waals surface area contributed by atoms with Gasteiger partial charge in [0.25, 0.3) is 0 Å². The molecule has 0 unspecified atom stereocenters. The van der Waals surface area contributed by atoms with E-state index in [4.69, 9.17) is 9.84 Å². The van der Waals surface area contributed by atoms with Gasteiger partial charge in [-0.15, -0.1) is 12.4 Å². The third-order valence-electron chi connectivity index (χ3n) is 5.09. The van der Waals surface area contributed by atoms with Crippen molar-refractivity contribution in [3.05, 3.63) is 70.3 Å². The van der Waals surface area contributed by atoms with Gasteiger partial charge in [0.1, 0.15) is 12.4 Å². The number of likely N-dealkylation sites (tertiary alicyclic amines) is 1. The highest BCUT2D eigenvalue weighted by Gasteiger charge is 2.33. The van der Waals surface area contributed by atoms with Gasteiger partial charge in [-0.25, -0.2) is 0 Å². The fraction of sp³-hybridized carbons (Fsp3) is 0.261. The van der Waals surface area contributed by atoms with E-state index in [1.807, 2.05) is 12.1 Å². The van der Waals surface area contributed by atoms with Crippen molar-refractivity contribution in [1.82, 2.24) is 4.90 Å². The Hall–Kier alpha value is -2.95. The number of alkyl halides is 3. The van der Waals surface area contributed by atoms with Crippen LogP contribution in [0.2, 0.25) is 0 Å². The first-order valence-corrected chi connectivity index (χ1v) is 9.39. The van der Waals surface area contributed by atoms with Gasteiger partial charge in [-0.1, -0.05) is 30.0 Å². The summed E-state index contributed by atoms with van der Waals surface area (Å²) >= 11 is 0. The average Bonchev–Trinajstić information content (AvgIpc) is 2.68. The van der Waals surface area contributed by atoms with Gasteiger partial charge in [0.05, 0.1) is 11.5 Å². The molecule has 31 heavy (non-hydrogen) atoms. The molecule has 1 saturated heterocycles. The summed E-state index contributed by atoms with van der Waals surface area (Å²) in [5, 5.41) is 8.95. The number of fused-ring (bicyclic) bond motifs is 1. The molecule has 0 saturated carbocycles. The van der Waals surface area contributed by atoms with Gasteiger partial charge in [-0.3, -0.25) is 9.69 Å². The van der Waals surface area contributed by atoms with E-state index in [1.54, 1.807) is 12.1 Å². The molecular formula is C23H19ClF3NO3. The van der Waals surface area contributed by atoms with E-state index in [0.717, 1.165) is 17.2 Å². The summed E-state index contributed by atoms with van der Waals surface area (Å²) in [7, 11) is 0. The SMILES string of the molecule is Cl.O=C(O)C1CN(CC2=Cc3ccc(C#Cc4ccccc4C(F)(F)F)cc3OC2)C1. The molecule has 4 rings (SSSR count). The lowest BCUT2D eigenvalue weighted by Gasteiger charge is -2.37. The molecule has 2 heterocycles. The van der Waals surface area contributed by atoms with E-state index >= 15 is 0 Å². The highest BCUT2D eigenvalue weighted by Crippen LogP contribution is 2.32. The Labute approximate surface area is 183 Å². The van der Waals surface area contributed by atoms with Crippen LogP contribution >= 0.6 is 12.4 Å². The monoisotopic (exact) mass is 449 g/mol. The minimum Gasteiger partial charge on any atom is -0.489 e. The van der Waals surface area contributed by atoms with Crippen molar-refractivity contribution < 1.29 is 27.8 Å². The molecule has 0 aliphatic carbocycles. The normalized spacial score (nSPS) is 15.9. The predicted octanol–water partition coefficient (Wildman–Crippen LogP) is 4.32. The summed E-state index contributed by atoms with van der Waals surface area (Å²) in [5.41, 5.74) is 1.65. The Morgan fingerprint density at radius 3 is 2.61 bits per heavy atom.